The number of nitrogens with zero attached hydrogens (tertiary/aromatic N) is 1. The van der Waals surface area contributed by atoms with Crippen molar-refractivity contribution in [1.82, 2.24) is 0 Å². The van der Waals surface area contributed by atoms with Crippen molar-refractivity contribution in [3.63, 3.8) is 0 Å². The van der Waals surface area contributed by atoms with E-state index in [0.29, 0.717) is 11.3 Å². The van der Waals surface area contributed by atoms with Gasteiger partial charge in [-0.25, -0.2) is 0 Å². The predicted octanol–water partition coefficient (Wildman–Crippen LogP) is -0.452. The van der Waals surface area contributed by atoms with Crippen LogP contribution in [0.3, 0.4) is 0 Å². The monoisotopic (exact) mass is 258 g/mol. The summed E-state index contributed by atoms with van der Waals surface area (Å²) in [4.78, 5) is -0.170. The molecule has 0 bridgehead atoms. The molecule has 0 saturated heterocycles. The average molecular weight is 258 g/mol. The number of sulfonamides is 1. The molecule has 0 spiro atoms. The Hall–Kier alpha value is -1.96. The van der Waals surface area contributed by atoms with Gasteiger partial charge in [-0.15, -0.1) is 4.40 Å². The molecule has 1 aromatic rings. The summed E-state index contributed by atoms with van der Waals surface area (Å²) < 4.78 is 31.7. The number of rotatable bonds is 3. The second-order valence-corrected chi connectivity index (χ2v) is 4.92. The van der Waals surface area contributed by atoms with Crippen molar-refractivity contribution >= 4 is 21.7 Å². The Bertz CT molecular complexity index is 562. The molecular formula is C9H14N4O3S. The minimum absolute atomic E-state index is 0.140. The van der Waals surface area contributed by atoms with Gasteiger partial charge in [0.2, 0.25) is 5.96 Å². The molecule has 8 heteroatoms. The summed E-state index contributed by atoms with van der Waals surface area (Å²) in [5, 5.41) is 0. The lowest BCUT2D eigenvalue weighted by atomic mass is 10.2. The lowest BCUT2D eigenvalue weighted by molar-refractivity contribution is 0.402. The van der Waals surface area contributed by atoms with E-state index in [2.05, 4.69) is 4.40 Å². The molecule has 0 unspecified atom stereocenters. The van der Waals surface area contributed by atoms with Gasteiger partial charge in [0.15, 0.2) is 0 Å². The van der Waals surface area contributed by atoms with Gasteiger partial charge >= 0.3 is 0 Å². The van der Waals surface area contributed by atoms with Crippen molar-refractivity contribution < 1.29 is 13.2 Å². The summed E-state index contributed by atoms with van der Waals surface area (Å²) in [6.45, 7) is 1.73. The Morgan fingerprint density at radius 1 is 1.35 bits per heavy atom. The number of nitrogen functional groups attached to an aromatic ring is 1. The van der Waals surface area contributed by atoms with Crippen LogP contribution in [0.1, 0.15) is 5.56 Å². The lowest BCUT2D eigenvalue weighted by Gasteiger charge is -2.09. The zero-order valence-corrected chi connectivity index (χ0v) is 10.3. The Morgan fingerprint density at radius 3 is 2.41 bits per heavy atom. The number of aryl methyl sites for hydroxylation is 1. The maximum absolute atomic E-state index is 11.8. The Labute approximate surface area is 99.3 Å². The maximum Gasteiger partial charge on any atom is 0.289 e. The third kappa shape index (κ3) is 2.78. The summed E-state index contributed by atoms with van der Waals surface area (Å²) in [7, 11) is -2.66. The number of hydrogen-bond donors (Lipinski definition) is 3. The molecule has 0 atom stereocenters. The van der Waals surface area contributed by atoms with Gasteiger partial charge in [0.05, 0.1) is 7.11 Å². The topological polar surface area (TPSA) is 134 Å². The van der Waals surface area contributed by atoms with Crippen LogP contribution in [0.15, 0.2) is 21.4 Å². The van der Waals surface area contributed by atoms with E-state index in [4.69, 9.17) is 21.9 Å². The highest BCUT2D eigenvalue weighted by Gasteiger charge is 2.20. The van der Waals surface area contributed by atoms with E-state index in [1.54, 1.807) is 6.92 Å². The first kappa shape index (κ1) is 13.1. The fourth-order valence-corrected chi connectivity index (χ4v) is 2.27. The van der Waals surface area contributed by atoms with Crippen LogP contribution in [0.2, 0.25) is 0 Å². The summed E-state index contributed by atoms with van der Waals surface area (Å²) in [6.07, 6.45) is 0. The van der Waals surface area contributed by atoms with Crippen LogP contribution in [-0.4, -0.2) is 21.5 Å². The molecule has 0 amide bonds. The number of ether oxygens (including phenoxy) is 1. The van der Waals surface area contributed by atoms with E-state index < -0.39 is 16.0 Å². The molecule has 0 aromatic heterocycles. The van der Waals surface area contributed by atoms with Gasteiger partial charge in [0.1, 0.15) is 10.6 Å². The van der Waals surface area contributed by atoms with E-state index in [1.165, 1.54) is 19.2 Å². The van der Waals surface area contributed by atoms with Crippen molar-refractivity contribution in [2.75, 3.05) is 12.8 Å². The van der Waals surface area contributed by atoms with Crippen LogP contribution in [0, 0.1) is 6.92 Å². The van der Waals surface area contributed by atoms with Crippen LogP contribution in [0.5, 0.6) is 5.75 Å². The lowest BCUT2D eigenvalue weighted by Crippen LogP contribution is -2.24. The molecule has 6 N–H and O–H groups in total. The van der Waals surface area contributed by atoms with Crippen LogP contribution in [-0.2, 0) is 10.0 Å². The second kappa shape index (κ2) is 4.50. The van der Waals surface area contributed by atoms with Gasteiger partial charge in [0.25, 0.3) is 10.0 Å². The molecule has 0 aliphatic heterocycles. The summed E-state index contributed by atoms with van der Waals surface area (Å²) >= 11 is 0. The minimum Gasteiger partial charge on any atom is -0.495 e. The minimum atomic E-state index is -4.01. The fourth-order valence-electron chi connectivity index (χ4n) is 1.23. The third-order valence-corrected chi connectivity index (χ3v) is 3.38. The molecule has 1 aromatic carbocycles. The Morgan fingerprint density at radius 2 is 1.94 bits per heavy atom. The van der Waals surface area contributed by atoms with Gasteiger partial charge in [0, 0.05) is 5.69 Å². The molecule has 7 nitrogen and oxygen atoms in total. The van der Waals surface area contributed by atoms with E-state index in [1.807, 2.05) is 0 Å². The molecule has 1 rings (SSSR count). The number of guanidine groups is 1. The van der Waals surface area contributed by atoms with Crippen LogP contribution in [0.25, 0.3) is 0 Å². The van der Waals surface area contributed by atoms with E-state index >= 15 is 0 Å². The van der Waals surface area contributed by atoms with Gasteiger partial charge in [-0.2, -0.15) is 8.42 Å². The fraction of sp³-hybridized carbons (Fsp3) is 0.222. The summed E-state index contributed by atoms with van der Waals surface area (Å²) in [5.74, 6) is -0.409. The number of nitrogens with two attached hydrogens (primary N) is 3. The zero-order chi connectivity index (χ0) is 13.2. The maximum atomic E-state index is 11.8. The zero-order valence-electron chi connectivity index (χ0n) is 9.47. The largest absolute Gasteiger partial charge is 0.495 e. The van der Waals surface area contributed by atoms with E-state index in [0.717, 1.165) is 0 Å². The van der Waals surface area contributed by atoms with Crippen LogP contribution < -0.4 is 21.9 Å². The highest BCUT2D eigenvalue weighted by molar-refractivity contribution is 7.90. The van der Waals surface area contributed by atoms with Crippen LogP contribution >= 0.6 is 0 Å². The molecule has 0 radical (unpaired) electrons. The normalized spacial score (nSPS) is 10.9. The Balaban J connectivity index is 3.51. The predicted molar refractivity (Wildman–Crippen MR) is 65.1 cm³/mol. The molecule has 0 aliphatic rings. The van der Waals surface area contributed by atoms with Crippen molar-refractivity contribution in [2.24, 2.45) is 15.9 Å². The quantitative estimate of drug-likeness (QED) is 0.382. The number of hydrogen-bond acceptors (Lipinski definition) is 4. The number of anilines is 1. The smallest absolute Gasteiger partial charge is 0.289 e. The molecule has 0 aliphatic carbocycles. The van der Waals surface area contributed by atoms with Gasteiger partial charge in [-0.1, -0.05) is 0 Å². The highest BCUT2D eigenvalue weighted by Crippen LogP contribution is 2.29. The summed E-state index contributed by atoms with van der Waals surface area (Å²) in [5.41, 5.74) is 16.8. The first-order valence-corrected chi connectivity index (χ1v) is 6.02. The second-order valence-electron chi connectivity index (χ2n) is 3.35. The highest BCUT2D eigenvalue weighted by atomic mass is 32.2. The number of methoxy groups -OCH3 is 1. The van der Waals surface area contributed by atoms with Gasteiger partial charge in [-0.3, -0.25) is 0 Å². The number of benzene rings is 1. The van der Waals surface area contributed by atoms with Crippen LogP contribution in [0.4, 0.5) is 5.69 Å². The molecule has 0 fully saturated rings. The summed E-state index contributed by atoms with van der Waals surface area (Å²) in [6, 6.07) is 2.76. The molecular weight excluding hydrogens is 244 g/mol. The molecule has 94 valence electrons. The van der Waals surface area contributed by atoms with Crippen molar-refractivity contribution in [1.29, 1.82) is 0 Å². The van der Waals surface area contributed by atoms with Gasteiger partial charge < -0.3 is 21.9 Å². The standard InChI is InChI=1S/C9H14N4O3S/c1-5-3-7(16-2)8(4-6(5)10)17(14,15)13-9(11)12/h3-4H,10H2,1-2H3,(H4,11,12,13). The Kier molecular flexibility index (Phi) is 3.47. The van der Waals surface area contributed by atoms with E-state index in [-0.39, 0.29) is 10.6 Å². The average Bonchev–Trinajstić information content (AvgIpc) is 2.19. The van der Waals surface area contributed by atoms with Gasteiger partial charge in [-0.05, 0) is 24.6 Å². The SMILES string of the molecule is COc1cc(C)c(N)cc1S(=O)(=O)N=C(N)N. The van der Waals surface area contributed by atoms with Crippen molar-refractivity contribution in [3.8, 4) is 5.75 Å². The van der Waals surface area contributed by atoms with Crippen molar-refractivity contribution in [2.45, 2.75) is 11.8 Å². The molecule has 0 heterocycles. The molecule has 0 saturated carbocycles. The third-order valence-electron chi connectivity index (χ3n) is 2.06. The first-order chi connectivity index (χ1) is 7.77. The molecule has 17 heavy (non-hydrogen) atoms. The van der Waals surface area contributed by atoms with E-state index in [9.17, 15) is 8.42 Å². The first-order valence-electron chi connectivity index (χ1n) is 4.58. The van der Waals surface area contributed by atoms with Crippen molar-refractivity contribution in [3.05, 3.63) is 17.7 Å².